The highest BCUT2D eigenvalue weighted by Gasteiger charge is 2.32. The average molecular weight is 332 g/mol. The molecule has 118 valence electrons. The van der Waals surface area contributed by atoms with Crippen molar-refractivity contribution in [2.75, 3.05) is 6.54 Å². The Balaban J connectivity index is 2.48. The van der Waals surface area contributed by atoms with Crippen LogP contribution in [0.25, 0.3) is 6.08 Å². The van der Waals surface area contributed by atoms with Crippen molar-refractivity contribution in [3.8, 4) is 5.75 Å². The SMILES string of the molecule is C=CCN1C(=O)C(=Cc2cc(C(=O)O)ccc2O)C(=O)NC1=S. The number of nitrogens with zero attached hydrogens (tertiary/aromatic N) is 1. The Hall–Kier alpha value is -3.00. The van der Waals surface area contributed by atoms with Crippen LogP contribution in [-0.2, 0) is 9.59 Å². The minimum atomic E-state index is -1.20. The van der Waals surface area contributed by atoms with E-state index < -0.39 is 17.8 Å². The third-order valence-electron chi connectivity index (χ3n) is 3.07. The summed E-state index contributed by atoms with van der Waals surface area (Å²) in [5.74, 6) is -2.83. The summed E-state index contributed by atoms with van der Waals surface area (Å²) in [4.78, 5) is 36.4. The molecule has 0 radical (unpaired) electrons. The van der Waals surface area contributed by atoms with E-state index in [1.54, 1.807) is 0 Å². The largest absolute Gasteiger partial charge is 0.507 e. The number of nitrogens with one attached hydrogen (secondary N) is 1. The molecule has 0 aromatic heterocycles. The molecule has 23 heavy (non-hydrogen) atoms. The van der Waals surface area contributed by atoms with Crippen LogP contribution in [0, 0.1) is 0 Å². The molecule has 1 aliphatic heterocycles. The topological polar surface area (TPSA) is 107 Å². The molecule has 7 nitrogen and oxygen atoms in total. The summed E-state index contributed by atoms with van der Waals surface area (Å²) >= 11 is 4.92. The van der Waals surface area contributed by atoms with E-state index in [1.807, 2.05) is 0 Å². The van der Waals surface area contributed by atoms with E-state index in [9.17, 15) is 19.5 Å². The van der Waals surface area contributed by atoms with Crippen LogP contribution in [-0.4, -0.2) is 44.6 Å². The number of aromatic hydroxyl groups is 1. The van der Waals surface area contributed by atoms with Crippen LogP contribution in [0.2, 0.25) is 0 Å². The second kappa shape index (κ2) is 6.41. The molecule has 1 saturated heterocycles. The van der Waals surface area contributed by atoms with E-state index in [2.05, 4.69) is 11.9 Å². The van der Waals surface area contributed by atoms with E-state index in [0.29, 0.717) is 0 Å². The maximum absolute atomic E-state index is 12.3. The maximum atomic E-state index is 12.3. The Morgan fingerprint density at radius 1 is 1.39 bits per heavy atom. The van der Waals surface area contributed by atoms with Crippen molar-refractivity contribution in [3.63, 3.8) is 0 Å². The number of thiocarbonyl (C=S) groups is 1. The Morgan fingerprint density at radius 2 is 2.09 bits per heavy atom. The van der Waals surface area contributed by atoms with Gasteiger partial charge in [-0.05, 0) is 36.5 Å². The highest BCUT2D eigenvalue weighted by atomic mass is 32.1. The zero-order valence-corrected chi connectivity index (χ0v) is 12.6. The van der Waals surface area contributed by atoms with Crippen molar-refractivity contribution in [3.05, 3.63) is 47.6 Å². The van der Waals surface area contributed by atoms with E-state index in [1.165, 1.54) is 18.2 Å². The van der Waals surface area contributed by atoms with Crippen molar-refractivity contribution >= 4 is 41.2 Å². The van der Waals surface area contributed by atoms with E-state index in [-0.39, 0.29) is 34.1 Å². The standard InChI is InChI=1S/C15H12N2O5S/c1-2-5-17-13(20)10(12(19)16-15(17)23)7-9-6-8(14(21)22)3-4-11(9)18/h2-4,6-7,18H,1,5H2,(H,21,22)(H,16,19,23). The zero-order valence-electron chi connectivity index (χ0n) is 11.8. The van der Waals surface area contributed by atoms with Gasteiger partial charge in [0.25, 0.3) is 11.8 Å². The van der Waals surface area contributed by atoms with Crippen molar-refractivity contribution in [2.45, 2.75) is 0 Å². The van der Waals surface area contributed by atoms with E-state index in [4.69, 9.17) is 17.3 Å². The fourth-order valence-electron chi connectivity index (χ4n) is 1.95. The van der Waals surface area contributed by atoms with Gasteiger partial charge in [0.2, 0.25) is 0 Å². The molecule has 0 aliphatic carbocycles. The predicted octanol–water partition coefficient (Wildman–Crippen LogP) is 0.903. The van der Waals surface area contributed by atoms with Gasteiger partial charge in [0.1, 0.15) is 11.3 Å². The highest BCUT2D eigenvalue weighted by molar-refractivity contribution is 7.80. The molecule has 0 spiro atoms. The lowest BCUT2D eigenvalue weighted by molar-refractivity contribution is -0.128. The number of rotatable bonds is 4. The summed E-state index contributed by atoms with van der Waals surface area (Å²) in [7, 11) is 0. The van der Waals surface area contributed by atoms with Gasteiger partial charge in [-0.25, -0.2) is 4.79 Å². The summed E-state index contributed by atoms with van der Waals surface area (Å²) in [5, 5.41) is 21.1. The first-order valence-electron chi connectivity index (χ1n) is 6.41. The molecule has 0 atom stereocenters. The number of carbonyl (C=O) groups excluding carboxylic acids is 2. The van der Waals surface area contributed by atoms with Gasteiger partial charge in [0.15, 0.2) is 5.11 Å². The van der Waals surface area contributed by atoms with Gasteiger partial charge >= 0.3 is 5.97 Å². The van der Waals surface area contributed by atoms with Crippen LogP contribution in [0.5, 0.6) is 5.75 Å². The van der Waals surface area contributed by atoms with E-state index in [0.717, 1.165) is 17.0 Å². The highest BCUT2D eigenvalue weighted by Crippen LogP contribution is 2.23. The number of benzene rings is 1. The fourth-order valence-corrected chi connectivity index (χ4v) is 2.20. The minimum absolute atomic E-state index is 0.0368. The smallest absolute Gasteiger partial charge is 0.335 e. The molecule has 1 aromatic rings. The van der Waals surface area contributed by atoms with Crippen LogP contribution in [0.15, 0.2) is 36.4 Å². The fraction of sp³-hybridized carbons (Fsp3) is 0.0667. The van der Waals surface area contributed by atoms with Crippen LogP contribution >= 0.6 is 12.2 Å². The van der Waals surface area contributed by atoms with Crippen molar-refractivity contribution < 1.29 is 24.6 Å². The molecule has 3 N–H and O–H groups in total. The quantitative estimate of drug-likeness (QED) is 0.327. The Labute approximate surface area is 136 Å². The average Bonchev–Trinajstić information content (AvgIpc) is 2.49. The van der Waals surface area contributed by atoms with Crippen molar-refractivity contribution in [1.29, 1.82) is 0 Å². The Kier molecular flexibility index (Phi) is 4.56. The van der Waals surface area contributed by atoms with Gasteiger partial charge in [-0.15, -0.1) is 6.58 Å². The number of carbonyl (C=O) groups is 3. The molecule has 1 heterocycles. The van der Waals surface area contributed by atoms with Gasteiger partial charge in [-0.1, -0.05) is 6.08 Å². The lowest BCUT2D eigenvalue weighted by Gasteiger charge is -2.27. The minimum Gasteiger partial charge on any atom is -0.507 e. The zero-order chi connectivity index (χ0) is 17.1. The normalized spacial score (nSPS) is 16.4. The van der Waals surface area contributed by atoms with Gasteiger partial charge < -0.3 is 10.2 Å². The monoisotopic (exact) mass is 332 g/mol. The first-order chi connectivity index (χ1) is 10.8. The summed E-state index contributed by atoms with van der Waals surface area (Å²) in [6, 6.07) is 3.55. The lowest BCUT2D eigenvalue weighted by atomic mass is 10.0. The molecule has 1 fully saturated rings. The maximum Gasteiger partial charge on any atom is 0.335 e. The van der Waals surface area contributed by atoms with Crippen LogP contribution < -0.4 is 5.32 Å². The van der Waals surface area contributed by atoms with Gasteiger partial charge in [0.05, 0.1) is 5.56 Å². The number of phenols is 1. The molecule has 2 rings (SSSR count). The number of hydrogen-bond acceptors (Lipinski definition) is 5. The lowest BCUT2D eigenvalue weighted by Crippen LogP contribution is -2.53. The number of aromatic carboxylic acids is 1. The molecule has 0 saturated carbocycles. The molecule has 2 amide bonds. The number of hydrogen-bond donors (Lipinski definition) is 3. The number of carboxylic acid groups (broad SMARTS) is 1. The summed E-state index contributed by atoms with van der Waals surface area (Å²) in [6.45, 7) is 3.61. The third kappa shape index (κ3) is 3.27. The van der Waals surface area contributed by atoms with Crippen LogP contribution in [0.1, 0.15) is 15.9 Å². The number of amides is 2. The summed E-state index contributed by atoms with van der Waals surface area (Å²) in [5.41, 5.74) is -0.315. The predicted molar refractivity (Wildman–Crippen MR) is 85.7 cm³/mol. The third-order valence-corrected chi connectivity index (χ3v) is 3.39. The van der Waals surface area contributed by atoms with Gasteiger partial charge in [-0.3, -0.25) is 19.8 Å². The Morgan fingerprint density at radius 3 is 2.70 bits per heavy atom. The molecule has 0 bridgehead atoms. The molecule has 0 unspecified atom stereocenters. The summed E-state index contributed by atoms with van der Waals surface area (Å²) in [6.07, 6.45) is 2.57. The van der Waals surface area contributed by atoms with Crippen LogP contribution in [0.4, 0.5) is 0 Å². The first kappa shape index (κ1) is 16.4. The second-order valence-corrected chi connectivity index (χ2v) is 4.99. The molecule has 1 aromatic carbocycles. The molecular formula is C15H12N2O5S. The van der Waals surface area contributed by atoms with Crippen molar-refractivity contribution in [1.82, 2.24) is 10.2 Å². The summed E-state index contributed by atoms with van der Waals surface area (Å²) < 4.78 is 0. The second-order valence-electron chi connectivity index (χ2n) is 4.60. The molecule has 8 heteroatoms. The van der Waals surface area contributed by atoms with Crippen LogP contribution in [0.3, 0.4) is 0 Å². The molecule has 1 aliphatic rings. The molecular weight excluding hydrogens is 320 g/mol. The number of phenolic OH excluding ortho intramolecular Hbond substituents is 1. The van der Waals surface area contributed by atoms with Crippen molar-refractivity contribution in [2.24, 2.45) is 0 Å². The van der Waals surface area contributed by atoms with Gasteiger partial charge in [-0.2, -0.15) is 0 Å². The first-order valence-corrected chi connectivity index (χ1v) is 6.82. The van der Waals surface area contributed by atoms with Gasteiger partial charge in [0, 0.05) is 12.1 Å². The Bertz CT molecular complexity index is 769. The number of carboxylic acids is 1. The van der Waals surface area contributed by atoms with E-state index >= 15 is 0 Å².